The fourth-order valence-electron chi connectivity index (χ4n) is 3.73. The van der Waals surface area contributed by atoms with Crippen LogP contribution in [0.4, 0.5) is 17.6 Å². The highest BCUT2D eigenvalue weighted by atomic mass is 19.3. The minimum atomic E-state index is -3.11. The van der Waals surface area contributed by atoms with E-state index in [1.165, 1.54) is 6.92 Å². The summed E-state index contributed by atoms with van der Waals surface area (Å²) in [6.45, 7) is 3.09. The summed E-state index contributed by atoms with van der Waals surface area (Å²) in [5.41, 5.74) is 1.56. The van der Waals surface area contributed by atoms with Gasteiger partial charge in [0.25, 0.3) is 5.92 Å². The zero-order valence-electron chi connectivity index (χ0n) is 14.1. The Morgan fingerprint density at radius 3 is 2.00 bits per heavy atom. The van der Waals surface area contributed by atoms with E-state index < -0.39 is 30.0 Å². The maximum Gasteiger partial charge on any atom is 0.358 e. The van der Waals surface area contributed by atoms with Crippen molar-refractivity contribution in [3.05, 3.63) is 35.4 Å². The molecule has 24 heavy (non-hydrogen) atoms. The van der Waals surface area contributed by atoms with E-state index in [9.17, 15) is 17.6 Å². The highest BCUT2D eigenvalue weighted by Gasteiger charge is 2.45. The number of ether oxygens (including phenoxy) is 1. The van der Waals surface area contributed by atoms with Crippen molar-refractivity contribution >= 4 is 0 Å². The van der Waals surface area contributed by atoms with E-state index in [2.05, 4.69) is 0 Å². The number of hydrogen-bond donors (Lipinski definition) is 0. The first-order valence-electron chi connectivity index (χ1n) is 8.72. The van der Waals surface area contributed by atoms with E-state index in [1.807, 2.05) is 0 Å². The van der Waals surface area contributed by atoms with Gasteiger partial charge in [0.1, 0.15) is 0 Å². The van der Waals surface area contributed by atoms with Gasteiger partial charge < -0.3 is 4.74 Å². The molecule has 3 rings (SSSR count). The molecule has 1 saturated heterocycles. The van der Waals surface area contributed by atoms with Crippen LogP contribution in [0, 0.1) is 11.8 Å². The van der Waals surface area contributed by atoms with Gasteiger partial charge in [-0.05, 0) is 42.7 Å². The van der Waals surface area contributed by atoms with Crippen LogP contribution in [0.3, 0.4) is 0 Å². The summed E-state index contributed by atoms with van der Waals surface area (Å²) < 4.78 is 60.2. The highest BCUT2D eigenvalue weighted by molar-refractivity contribution is 5.28. The topological polar surface area (TPSA) is 9.23 Å². The molecular formula is C19H24F4O. The summed E-state index contributed by atoms with van der Waals surface area (Å²) in [6, 6.07) is 7.10. The minimum Gasteiger partial charge on any atom is -0.312 e. The fourth-order valence-corrected chi connectivity index (χ4v) is 3.73. The molecule has 5 heteroatoms. The van der Waals surface area contributed by atoms with Gasteiger partial charge in [0.15, 0.2) is 0 Å². The smallest absolute Gasteiger partial charge is 0.312 e. The standard InChI is InChI=1S/C19H24F4O/c1-12-3-5-16(11-18(12,20)21)14-6-8-15(9-7-14)17-10-4-13(2)19(22,23)24-17/h6-9,12-13,16-17H,3-5,10-11H2,1-2H3. The molecule has 2 fully saturated rings. The van der Waals surface area contributed by atoms with Crippen molar-refractivity contribution in [2.45, 2.75) is 70.0 Å². The third kappa shape index (κ3) is 3.46. The maximum absolute atomic E-state index is 13.9. The van der Waals surface area contributed by atoms with Crippen molar-refractivity contribution in [1.29, 1.82) is 0 Å². The molecule has 0 amide bonds. The van der Waals surface area contributed by atoms with Crippen LogP contribution >= 0.6 is 0 Å². The second kappa shape index (κ2) is 6.32. The number of hydrogen-bond acceptors (Lipinski definition) is 1. The molecule has 0 spiro atoms. The predicted octanol–water partition coefficient (Wildman–Crippen LogP) is 6.31. The Bertz CT molecular complexity index is 518. The number of benzene rings is 1. The van der Waals surface area contributed by atoms with Gasteiger partial charge in [0.05, 0.1) is 6.10 Å². The van der Waals surface area contributed by atoms with Gasteiger partial charge in [-0.1, -0.05) is 38.1 Å². The zero-order chi connectivity index (χ0) is 17.5. The van der Waals surface area contributed by atoms with Gasteiger partial charge in [-0.2, -0.15) is 8.78 Å². The summed E-state index contributed by atoms with van der Waals surface area (Å²) in [5, 5.41) is 0. The van der Waals surface area contributed by atoms with Crippen molar-refractivity contribution in [1.82, 2.24) is 0 Å². The summed E-state index contributed by atoms with van der Waals surface area (Å²) in [6.07, 6.45) is -1.66. The second-order valence-electron chi connectivity index (χ2n) is 7.45. The van der Waals surface area contributed by atoms with Gasteiger partial charge >= 0.3 is 6.11 Å². The molecule has 1 saturated carbocycles. The molecule has 2 aliphatic rings. The summed E-state index contributed by atoms with van der Waals surface area (Å²) in [4.78, 5) is 0. The Balaban J connectivity index is 1.70. The first-order chi connectivity index (χ1) is 11.2. The van der Waals surface area contributed by atoms with Crippen LogP contribution < -0.4 is 0 Å². The first-order valence-corrected chi connectivity index (χ1v) is 8.72. The molecule has 1 aliphatic carbocycles. The molecule has 0 radical (unpaired) electrons. The molecule has 0 aromatic heterocycles. The lowest BCUT2D eigenvalue weighted by atomic mass is 9.77. The van der Waals surface area contributed by atoms with E-state index in [-0.39, 0.29) is 12.3 Å². The molecule has 1 nitrogen and oxygen atoms in total. The molecule has 4 unspecified atom stereocenters. The normalized spacial score (nSPS) is 35.6. The van der Waals surface area contributed by atoms with Crippen LogP contribution in [0.25, 0.3) is 0 Å². The number of alkyl halides is 4. The zero-order valence-corrected chi connectivity index (χ0v) is 14.1. The molecule has 0 bridgehead atoms. The average Bonchev–Trinajstić information content (AvgIpc) is 2.53. The van der Waals surface area contributed by atoms with Crippen LogP contribution in [0.1, 0.15) is 69.1 Å². The Kier molecular flexibility index (Phi) is 4.67. The van der Waals surface area contributed by atoms with Crippen molar-refractivity contribution in [2.75, 3.05) is 0 Å². The van der Waals surface area contributed by atoms with Gasteiger partial charge in [-0.15, -0.1) is 0 Å². The molecule has 1 aromatic rings. The van der Waals surface area contributed by atoms with Crippen LogP contribution in [-0.2, 0) is 4.74 Å². The average molecular weight is 344 g/mol. The molecule has 1 heterocycles. The molecule has 0 N–H and O–H groups in total. The van der Waals surface area contributed by atoms with E-state index in [0.29, 0.717) is 24.8 Å². The van der Waals surface area contributed by atoms with Crippen molar-refractivity contribution in [3.63, 3.8) is 0 Å². The molecule has 134 valence electrons. The van der Waals surface area contributed by atoms with Gasteiger partial charge in [-0.3, -0.25) is 0 Å². The van der Waals surface area contributed by atoms with Crippen LogP contribution in [0.5, 0.6) is 0 Å². The fraction of sp³-hybridized carbons (Fsp3) is 0.684. The van der Waals surface area contributed by atoms with E-state index in [4.69, 9.17) is 4.74 Å². The summed E-state index contributed by atoms with van der Waals surface area (Å²) >= 11 is 0. The lowest BCUT2D eigenvalue weighted by Gasteiger charge is -2.35. The van der Waals surface area contributed by atoms with Crippen molar-refractivity contribution < 1.29 is 22.3 Å². The number of rotatable bonds is 2. The van der Waals surface area contributed by atoms with Crippen LogP contribution in [0.2, 0.25) is 0 Å². The van der Waals surface area contributed by atoms with Gasteiger partial charge in [-0.25, -0.2) is 8.78 Å². The molecular weight excluding hydrogens is 320 g/mol. The Morgan fingerprint density at radius 2 is 1.42 bits per heavy atom. The van der Waals surface area contributed by atoms with E-state index in [0.717, 1.165) is 12.0 Å². The van der Waals surface area contributed by atoms with Gasteiger partial charge in [0.2, 0.25) is 0 Å². The quantitative estimate of drug-likeness (QED) is 0.572. The van der Waals surface area contributed by atoms with Crippen molar-refractivity contribution in [2.24, 2.45) is 11.8 Å². The largest absolute Gasteiger partial charge is 0.358 e. The van der Waals surface area contributed by atoms with Crippen LogP contribution in [0.15, 0.2) is 24.3 Å². The predicted molar refractivity (Wildman–Crippen MR) is 84.3 cm³/mol. The monoisotopic (exact) mass is 344 g/mol. The van der Waals surface area contributed by atoms with E-state index in [1.54, 1.807) is 31.2 Å². The SMILES string of the molecule is CC1CCC(c2ccc(C3CCC(C)C(F)(F)O3)cc2)CC1(F)F. The van der Waals surface area contributed by atoms with Crippen molar-refractivity contribution in [3.8, 4) is 0 Å². The lowest BCUT2D eigenvalue weighted by Crippen LogP contribution is -2.36. The number of halogens is 4. The lowest BCUT2D eigenvalue weighted by molar-refractivity contribution is -0.313. The van der Waals surface area contributed by atoms with Crippen LogP contribution in [-0.4, -0.2) is 12.0 Å². The Labute approximate surface area is 140 Å². The Hall–Kier alpha value is -1.10. The Morgan fingerprint density at radius 1 is 0.833 bits per heavy atom. The third-order valence-corrected chi connectivity index (χ3v) is 5.70. The maximum atomic E-state index is 13.9. The summed E-state index contributed by atoms with van der Waals surface area (Å²) in [7, 11) is 0. The molecule has 1 aromatic carbocycles. The second-order valence-corrected chi connectivity index (χ2v) is 7.45. The first kappa shape index (κ1) is 17.7. The minimum absolute atomic E-state index is 0.136. The van der Waals surface area contributed by atoms with Gasteiger partial charge in [0, 0.05) is 18.3 Å². The molecule has 4 atom stereocenters. The molecule has 1 aliphatic heterocycles. The highest BCUT2D eigenvalue weighted by Crippen LogP contribution is 2.46. The van der Waals surface area contributed by atoms with E-state index >= 15 is 0 Å². The summed E-state index contributed by atoms with van der Waals surface area (Å²) in [5.74, 6) is -4.15. The third-order valence-electron chi connectivity index (χ3n) is 5.70.